The lowest BCUT2D eigenvalue weighted by atomic mass is 10.1. The van der Waals surface area contributed by atoms with Crippen molar-refractivity contribution < 1.29 is 9.53 Å². The van der Waals surface area contributed by atoms with E-state index in [1.165, 1.54) is 0 Å². The number of hydrogen-bond acceptors (Lipinski definition) is 4. The Bertz CT molecular complexity index is 491. The first-order valence-corrected chi connectivity index (χ1v) is 7.79. The molecule has 1 N–H and O–H groups in total. The Morgan fingerprint density at radius 1 is 1.35 bits per heavy atom. The van der Waals surface area contributed by atoms with Gasteiger partial charge in [0.05, 0.1) is 10.2 Å². The quantitative estimate of drug-likeness (QED) is 0.915. The third-order valence-corrected chi connectivity index (χ3v) is 4.61. The lowest BCUT2D eigenvalue weighted by Gasteiger charge is -2.31. The topological polar surface area (TPSA) is 54.5 Å². The van der Waals surface area contributed by atoms with Gasteiger partial charge in [-0.2, -0.15) is 0 Å². The number of hydrogen-bond donors (Lipinski definition) is 1. The number of likely N-dealkylation sites (tertiary alicyclic amines) is 1. The number of nitrogens with one attached hydrogen (secondary N) is 1. The van der Waals surface area contributed by atoms with Crippen molar-refractivity contribution in [3.63, 3.8) is 0 Å². The van der Waals surface area contributed by atoms with Gasteiger partial charge in [0.25, 0.3) is 0 Å². The van der Waals surface area contributed by atoms with E-state index in [1.54, 1.807) is 12.4 Å². The highest BCUT2D eigenvalue weighted by molar-refractivity contribution is 9.10. The molecule has 0 aromatic carbocycles. The van der Waals surface area contributed by atoms with E-state index >= 15 is 0 Å². The van der Waals surface area contributed by atoms with Crippen LogP contribution in [0.5, 0.6) is 0 Å². The standard InChI is InChI=1S/C14H18BrN3O2/c15-11-9-16-5-1-12(11)17-13-2-6-18(14(13)19)10-3-7-20-8-4-10/h1,5,9-10,13H,2-4,6-8H2,(H,16,17). The maximum Gasteiger partial charge on any atom is 0.245 e. The Morgan fingerprint density at radius 2 is 2.15 bits per heavy atom. The number of amides is 1. The molecule has 6 heteroatoms. The molecular weight excluding hydrogens is 322 g/mol. The Morgan fingerprint density at radius 3 is 2.90 bits per heavy atom. The van der Waals surface area contributed by atoms with Crippen molar-refractivity contribution in [3.05, 3.63) is 22.9 Å². The lowest BCUT2D eigenvalue weighted by molar-refractivity contribution is -0.131. The van der Waals surface area contributed by atoms with Gasteiger partial charge in [0, 0.05) is 38.2 Å². The smallest absolute Gasteiger partial charge is 0.245 e. The van der Waals surface area contributed by atoms with Gasteiger partial charge in [-0.3, -0.25) is 9.78 Å². The predicted molar refractivity (Wildman–Crippen MR) is 79.5 cm³/mol. The fraction of sp³-hybridized carbons (Fsp3) is 0.571. The zero-order valence-electron chi connectivity index (χ0n) is 11.2. The number of nitrogens with zero attached hydrogens (tertiary/aromatic N) is 2. The number of anilines is 1. The van der Waals surface area contributed by atoms with Gasteiger partial charge in [0.1, 0.15) is 6.04 Å². The first-order valence-electron chi connectivity index (χ1n) is 7.00. The number of ether oxygens (including phenoxy) is 1. The summed E-state index contributed by atoms with van der Waals surface area (Å²) in [5.41, 5.74) is 0.923. The van der Waals surface area contributed by atoms with E-state index in [0.29, 0.717) is 6.04 Å². The minimum absolute atomic E-state index is 0.128. The number of aromatic nitrogens is 1. The number of halogens is 1. The zero-order chi connectivity index (χ0) is 13.9. The van der Waals surface area contributed by atoms with Gasteiger partial charge >= 0.3 is 0 Å². The Kier molecular flexibility index (Phi) is 4.21. The molecule has 1 unspecified atom stereocenters. The van der Waals surface area contributed by atoms with Crippen molar-refractivity contribution in [1.29, 1.82) is 0 Å². The van der Waals surface area contributed by atoms with Crippen molar-refractivity contribution in [2.45, 2.75) is 31.3 Å². The van der Waals surface area contributed by atoms with E-state index in [9.17, 15) is 4.79 Å². The van der Waals surface area contributed by atoms with Crippen LogP contribution in [0.15, 0.2) is 22.9 Å². The number of rotatable bonds is 3. The van der Waals surface area contributed by atoms with Crippen LogP contribution >= 0.6 is 15.9 Å². The van der Waals surface area contributed by atoms with Crippen LogP contribution < -0.4 is 5.32 Å². The first-order chi connectivity index (χ1) is 9.75. The highest BCUT2D eigenvalue weighted by Gasteiger charge is 2.36. The fourth-order valence-corrected chi connectivity index (χ4v) is 3.24. The van der Waals surface area contributed by atoms with E-state index in [-0.39, 0.29) is 11.9 Å². The van der Waals surface area contributed by atoms with Gasteiger partial charge in [0.2, 0.25) is 5.91 Å². The molecule has 0 bridgehead atoms. The van der Waals surface area contributed by atoms with Crippen molar-refractivity contribution in [3.8, 4) is 0 Å². The molecule has 0 radical (unpaired) electrons. The average Bonchev–Trinajstić information content (AvgIpc) is 2.84. The lowest BCUT2D eigenvalue weighted by Crippen LogP contribution is -2.43. The highest BCUT2D eigenvalue weighted by Crippen LogP contribution is 2.26. The van der Waals surface area contributed by atoms with Gasteiger partial charge in [-0.25, -0.2) is 0 Å². The molecule has 108 valence electrons. The highest BCUT2D eigenvalue weighted by atomic mass is 79.9. The second kappa shape index (κ2) is 6.10. The second-order valence-corrected chi connectivity index (χ2v) is 6.07. The molecule has 20 heavy (non-hydrogen) atoms. The molecular formula is C14H18BrN3O2. The van der Waals surface area contributed by atoms with Crippen LogP contribution in [0.2, 0.25) is 0 Å². The van der Waals surface area contributed by atoms with Crippen molar-refractivity contribution >= 4 is 27.5 Å². The van der Waals surface area contributed by atoms with E-state index in [1.807, 2.05) is 11.0 Å². The predicted octanol–water partition coefficient (Wildman–Crippen LogP) is 2.04. The molecule has 0 aliphatic carbocycles. The van der Waals surface area contributed by atoms with Crippen molar-refractivity contribution in [1.82, 2.24) is 9.88 Å². The van der Waals surface area contributed by atoms with Gasteiger partial charge in [-0.05, 0) is 41.3 Å². The molecule has 3 heterocycles. The fourth-order valence-electron chi connectivity index (χ4n) is 2.88. The summed E-state index contributed by atoms with van der Waals surface area (Å²) >= 11 is 3.45. The first kappa shape index (κ1) is 13.8. The van der Waals surface area contributed by atoms with Gasteiger partial charge < -0.3 is 15.0 Å². The van der Waals surface area contributed by atoms with Crippen LogP contribution in [-0.4, -0.2) is 47.6 Å². The maximum absolute atomic E-state index is 12.5. The zero-order valence-corrected chi connectivity index (χ0v) is 12.8. The number of carbonyl (C=O) groups excluding carboxylic acids is 1. The summed E-state index contributed by atoms with van der Waals surface area (Å²) in [5.74, 6) is 0.209. The Labute approximate surface area is 126 Å². The average molecular weight is 340 g/mol. The summed E-state index contributed by atoms with van der Waals surface area (Å²) in [7, 11) is 0. The maximum atomic E-state index is 12.5. The van der Waals surface area contributed by atoms with E-state index in [0.717, 1.165) is 49.2 Å². The summed E-state index contributed by atoms with van der Waals surface area (Å²) in [6.45, 7) is 2.37. The molecule has 2 saturated heterocycles. The molecule has 1 amide bonds. The van der Waals surface area contributed by atoms with Crippen LogP contribution in [0, 0.1) is 0 Å². The van der Waals surface area contributed by atoms with E-state index in [4.69, 9.17) is 4.74 Å². The molecule has 2 aliphatic heterocycles. The summed E-state index contributed by atoms with van der Waals surface area (Å²) in [6, 6.07) is 2.11. The van der Waals surface area contributed by atoms with Crippen LogP contribution in [0.1, 0.15) is 19.3 Å². The van der Waals surface area contributed by atoms with Gasteiger partial charge in [0.15, 0.2) is 0 Å². The largest absolute Gasteiger partial charge is 0.381 e. The molecule has 0 saturated carbocycles. The minimum Gasteiger partial charge on any atom is -0.381 e. The summed E-state index contributed by atoms with van der Waals surface area (Å²) < 4.78 is 6.25. The monoisotopic (exact) mass is 339 g/mol. The number of pyridine rings is 1. The van der Waals surface area contributed by atoms with Gasteiger partial charge in [-0.15, -0.1) is 0 Å². The third-order valence-electron chi connectivity index (χ3n) is 3.97. The summed E-state index contributed by atoms with van der Waals surface area (Å²) in [4.78, 5) is 18.6. The SMILES string of the molecule is O=C1C(Nc2ccncc2Br)CCN1C1CCOCC1. The van der Waals surface area contributed by atoms with Crippen LogP contribution in [-0.2, 0) is 9.53 Å². The molecule has 2 fully saturated rings. The Balaban J connectivity index is 1.65. The van der Waals surface area contributed by atoms with Crippen molar-refractivity contribution in [2.24, 2.45) is 0 Å². The molecule has 3 rings (SSSR count). The molecule has 1 atom stereocenters. The van der Waals surface area contributed by atoms with E-state index < -0.39 is 0 Å². The molecule has 1 aromatic heterocycles. The van der Waals surface area contributed by atoms with Gasteiger partial charge in [-0.1, -0.05) is 0 Å². The summed E-state index contributed by atoms with van der Waals surface area (Å²) in [5, 5.41) is 3.32. The van der Waals surface area contributed by atoms with Crippen LogP contribution in [0.25, 0.3) is 0 Å². The van der Waals surface area contributed by atoms with Crippen LogP contribution in [0.3, 0.4) is 0 Å². The minimum atomic E-state index is -0.128. The van der Waals surface area contributed by atoms with E-state index in [2.05, 4.69) is 26.2 Å². The molecule has 0 spiro atoms. The second-order valence-electron chi connectivity index (χ2n) is 5.22. The molecule has 1 aromatic rings. The molecule has 5 nitrogen and oxygen atoms in total. The Hall–Kier alpha value is -1.14. The normalized spacial score (nSPS) is 24.1. The summed E-state index contributed by atoms with van der Waals surface area (Å²) in [6.07, 6.45) is 6.22. The third kappa shape index (κ3) is 2.81. The molecule has 2 aliphatic rings. The van der Waals surface area contributed by atoms with Crippen LogP contribution in [0.4, 0.5) is 5.69 Å². The number of carbonyl (C=O) groups is 1. The van der Waals surface area contributed by atoms with Crippen molar-refractivity contribution in [2.75, 3.05) is 25.1 Å².